The van der Waals surface area contributed by atoms with Crippen LogP contribution in [0, 0.1) is 0 Å². The highest BCUT2D eigenvalue weighted by atomic mass is 16.5. The van der Waals surface area contributed by atoms with Crippen molar-refractivity contribution < 1.29 is 19.7 Å². The number of aliphatic hydroxyl groups excluding tert-OH is 1. The molecule has 90 valence electrons. The number of carboxylic acids is 1. The van der Waals surface area contributed by atoms with Crippen LogP contribution in [0.15, 0.2) is 0 Å². The molecule has 0 radical (unpaired) electrons. The third kappa shape index (κ3) is 4.15. The predicted molar refractivity (Wildman–Crippen MR) is 56.8 cm³/mol. The number of methoxy groups -OCH3 is 1. The van der Waals surface area contributed by atoms with Crippen LogP contribution in [0.3, 0.4) is 0 Å². The molecule has 0 spiro atoms. The van der Waals surface area contributed by atoms with Crippen LogP contribution in [-0.4, -0.2) is 59.5 Å². The second kappa shape index (κ2) is 6.05. The van der Waals surface area contributed by atoms with E-state index in [0.29, 0.717) is 13.1 Å². The Balaban J connectivity index is 4.42. The van der Waals surface area contributed by atoms with Crippen LogP contribution in [0.5, 0.6) is 0 Å². The molecule has 0 aromatic heterocycles. The maximum absolute atomic E-state index is 11.0. The first-order chi connectivity index (χ1) is 6.86. The van der Waals surface area contributed by atoms with Gasteiger partial charge in [0.05, 0.1) is 12.7 Å². The number of rotatable bonds is 7. The quantitative estimate of drug-likeness (QED) is 0.639. The van der Waals surface area contributed by atoms with Gasteiger partial charge < -0.3 is 14.9 Å². The van der Waals surface area contributed by atoms with Crippen molar-refractivity contribution in [3.05, 3.63) is 0 Å². The lowest BCUT2D eigenvalue weighted by Crippen LogP contribution is -2.53. The molecule has 0 heterocycles. The molecule has 0 aliphatic rings. The van der Waals surface area contributed by atoms with Crippen molar-refractivity contribution in [1.82, 2.24) is 4.90 Å². The maximum Gasteiger partial charge on any atom is 0.323 e. The second-order valence-corrected chi connectivity index (χ2v) is 4.01. The molecule has 1 unspecified atom stereocenters. The van der Waals surface area contributed by atoms with Gasteiger partial charge in [-0.3, -0.25) is 9.69 Å². The summed E-state index contributed by atoms with van der Waals surface area (Å²) < 4.78 is 4.80. The molecule has 1 atom stereocenters. The van der Waals surface area contributed by atoms with Crippen molar-refractivity contribution in [2.24, 2.45) is 0 Å². The molecular formula is C10H21NO4. The smallest absolute Gasteiger partial charge is 0.323 e. The van der Waals surface area contributed by atoms with Gasteiger partial charge in [0.2, 0.25) is 0 Å². The molecule has 0 rings (SSSR count). The average molecular weight is 219 g/mol. The summed E-state index contributed by atoms with van der Waals surface area (Å²) in [6, 6.07) is 0. The normalized spacial score (nSPS) is 14.3. The lowest BCUT2D eigenvalue weighted by Gasteiger charge is -2.35. The number of β-amino-alcohol motifs (C(OH)–C–C–N with tert-alkyl or cyclic N) is 1. The zero-order valence-corrected chi connectivity index (χ0v) is 9.86. The number of aliphatic carboxylic acids is 1. The molecule has 0 saturated heterocycles. The topological polar surface area (TPSA) is 70.0 Å². The minimum Gasteiger partial charge on any atom is -0.480 e. The number of hydrogen-bond donors (Lipinski definition) is 2. The summed E-state index contributed by atoms with van der Waals surface area (Å²) in [5.41, 5.74) is -0.969. The van der Waals surface area contributed by atoms with E-state index in [9.17, 15) is 9.90 Å². The van der Waals surface area contributed by atoms with E-state index in [-0.39, 0.29) is 6.61 Å². The van der Waals surface area contributed by atoms with Gasteiger partial charge >= 0.3 is 5.97 Å². The van der Waals surface area contributed by atoms with Crippen molar-refractivity contribution in [2.45, 2.75) is 32.4 Å². The highest BCUT2D eigenvalue weighted by Gasteiger charge is 2.34. The van der Waals surface area contributed by atoms with Gasteiger partial charge in [0.15, 0.2) is 0 Å². The van der Waals surface area contributed by atoms with Crippen LogP contribution in [0.25, 0.3) is 0 Å². The number of ether oxygens (including phenoxy) is 1. The highest BCUT2D eigenvalue weighted by Crippen LogP contribution is 2.14. The molecule has 2 N–H and O–H groups in total. The van der Waals surface area contributed by atoms with Crippen molar-refractivity contribution in [3.63, 3.8) is 0 Å². The third-order valence-corrected chi connectivity index (χ3v) is 2.49. The Bertz CT molecular complexity index is 206. The van der Waals surface area contributed by atoms with Gasteiger partial charge in [-0.25, -0.2) is 0 Å². The number of carboxylic acid groups (broad SMARTS) is 1. The zero-order chi connectivity index (χ0) is 12.1. The molecule has 5 nitrogen and oxygen atoms in total. The Morgan fingerprint density at radius 1 is 1.53 bits per heavy atom. The first-order valence-corrected chi connectivity index (χ1v) is 5.01. The zero-order valence-electron chi connectivity index (χ0n) is 9.86. The molecule has 0 aromatic carbocycles. The van der Waals surface area contributed by atoms with Gasteiger partial charge in [-0.15, -0.1) is 0 Å². The molecular weight excluding hydrogens is 198 g/mol. The van der Waals surface area contributed by atoms with Crippen LogP contribution in [0.1, 0.15) is 20.8 Å². The second-order valence-electron chi connectivity index (χ2n) is 4.01. The van der Waals surface area contributed by atoms with Crippen molar-refractivity contribution in [1.29, 1.82) is 0 Å². The van der Waals surface area contributed by atoms with E-state index in [0.717, 1.165) is 0 Å². The summed E-state index contributed by atoms with van der Waals surface area (Å²) in [6.07, 6.45) is -0.659. The van der Waals surface area contributed by atoms with Crippen LogP contribution in [-0.2, 0) is 9.53 Å². The van der Waals surface area contributed by atoms with E-state index < -0.39 is 17.6 Å². The van der Waals surface area contributed by atoms with E-state index in [2.05, 4.69) is 0 Å². The van der Waals surface area contributed by atoms with Crippen LogP contribution in [0.2, 0.25) is 0 Å². The molecule has 0 saturated carbocycles. The summed E-state index contributed by atoms with van der Waals surface area (Å²) in [5.74, 6) is -0.894. The number of aliphatic hydroxyl groups is 1. The first-order valence-electron chi connectivity index (χ1n) is 5.01. The number of nitrogens with zero attached hydrogens (tertiary/aromatic N) is 1. The Kier molecular flexibility index (Phi) is 5.79. The minimum absolute atomic E-state index is 0.214. The van der Waals surface area contributed by atoms with Crippen molar-refractivity contribution >= 4 is 5.97 Å². The van der Waals surface area contributed by atoms with E-state index in [1.54, 1.807) is 18.7 Å². The standard InChI is InChI=1S/C10H21NO4/c1-5-11(6-8(12)7-15-4)10(2,3)9(13)14/h8,12H,5-7H2,1-4H3,(H,13,14). The summed E-state index contributed by atoms with van der Waals surface area (Å²) in [6.45, 7) is 6.19. The predicted octanol–water partition coefficient (Wildman–Crippen LogP) is 0.179. The molecule has 5 heteroatoms. The van der Waals surface area contributed by atoms with Crippen LogP contribution >= 0.6 is 0 Å². The molecule has 15 heavy (non-hydrogen) atoms. The van der Waals surface area contributed by atoms with E-state index >= 15 is 0 Å². The third-order valence-electron chi connectivity index (χ3n) is 2.49. The number of hydrogen-bond acceptors (Lipinski definition) is 4. The van der Waals surface area contributed by atoms with Gasteiger partial charge in [-0.05, 0) is 20.4 Å². The minimum atomic E-state index is -0.969. The van der Waals surface area contributed by atoms with Crippen LogP contribution in [0.4, 0.5) is 0 Å². The fraction of sp³-hybridized carbons (Fsp3) is 0.900. The number of likely N-dealkylation sites (N-methyl/N-ethyl adjacent to an activating group) is 1. The maximum atomic E-state index is 11.0. The van der Waals surface area contributed by atoms with Gasteiger partial charge in [0, 0.05) is 13.7 Å². The summed E-state index contributed by atoms with van der Waals surface area (Å²) in [5, 5.41) is 18.6. The molecule has 0 amide bonds. The Morgan fingerprint density at radius 2 is 2.07 bits per heavy atom. The lowest BCUT2D eigenvalue weighted by atomic mass is 10.0. The average Bonchev–Trinajstić information content (AvgIpc) is 2.14. The first kappa shape index (κ1) is 14.3. The Hall–Kier alpha value is -0.650. The van der Waals surface area contributed by atoms with E-state index in [4.69, 9.17) is 9.84 Å². The Morgan fingerprint density at radius 3 is 2.40 bits per heavy atom. The van der Waals surface area contributed by atoms with Gasteiger partial charge in [-0.2, -0.15) is 0 Å². The molecule has 0 aliphatic heterocycles. The fourth-order valence-corrected chi connectivity index (χ4v) is 1.39. The van der Waals surface area contributed by atoms with E-state index in [1.165, 1.54) is 7.11 Å². The number of carbonyl (C=O) groups is 1. The summed E-state index contributed by atoms with van der Waals surface area (Å²) >= 11 is 0. The lowest BCUT2D eigenvalue weighted by molar-refractivity contribution is -0.150. The van der Waals surface area contributed by atoms with E-state index in [1.807, 2.05) is 6.92 Å². The fourth-order valence-electron chi connectivity index (χ4n) is 1.39. The molecule has 0 bridgehead atoms. The molecule has 0 fully saturated rings. The van der Waals surface area contributed by atoms with Crippen LogP contribution < -0.4 is 0 Å². The van der Waals surface area contributed by atoms with Gasteiger partial charge in [0.25, 0.3) is 0 Å². The van der Waals surface area contributed by atoms with Gasteiger partial charge in [0.1, 0.15) is 5.54 Å². The molecule has 0 aromatic rings. The SMILES string of the molecule is CCN(CC(O)COC)C(C)(C)C(=O)O. The molecule has 0 aliphatic carbocycles. The summed E-state index contributed by atoms with van der Waals surface area (Å²) in [4.78, 5) is 12.7. The monoisotopic (exact) mass is 219 g/mol. The van der Waals surface area contributed by atoms with Crippen molar-refractivity contribution in [2.75, 3.05) is 26.8 Å². The summed E-state index contributed by atoms with van der Waals surface area (Å²) in [7, 11) is 1.50. The van der Waals surface area contributed by atoms with Crippen molar-refractivity contribution in [3.8, 4) is 0 Å². The highest BCUT2D eigenvalue weighted by molar-refractivity contribution is 5.77. The van der Waals surface area contributed by atoms with Gasteiger partial charge in [-0.1, -0.05) is 6.92 Å². The Labute approximate surface area is 90.6 Å². The largest absolute Gasteiger partial charge is 0.480 e.